The highest BCUT2D eigenvalue weighted by atomic mass is 19.2. The van der Waals surface area contributed by atoms with E-state index in [-0.39, 0.29) is 63.9 Å². The molecule has 0 aromatic heterocycles. The van der Waals surface area contributed by atoms with Gasteiger partial charge in [0.2, 0.25) is 46.6 Å². The van der Waals surface area contributed by atoms with Crippen LogP contribution in [-0.4, -0.2) is 68.6 Å². The number of ketones is 1. The van der Waals surface area contributed by atoms with Crippen molar-refractivity contribution >= 4 is 35.3 Å². The van der Waals surface area contributed by atoms with Gasteiger partial charge in [-0.15, -0.1) is 0 Å². The van der Waals surface area contributed by atoms with Gasteiger partial charge in [-0.25, -0.2) is 18.0 Å². The van der Waals surface area contributed by atoms with E-state index in [1.165, 1.54) is 0 Å². The van der Waals surface area contributed by atoms with Gasteiger partial charge in [0.15, 0.2) is 0 Å². The highest BCUT2D eigenvalue weighted by Gasteiger charge is 2.30. The van der Waals surface area contributed by atoms with E-state index in [0.717, 1.165) is 5.56 Å². The molecule has 12 nitrogen and oxygen atoms in total. The number of ether oxygens (including phenoxy) is 3. The summed E-state index contributed by atoms with van der Waals surface area (Å²) in [5.74, 6) is -16.7. The molecule has 0 saturated heterocycles. The molecule has 2 aromatic carbocycles. The van der Waals surface area contributed by atoms with Gasteiger partial charge in [-0.1, -0.05) is 31.5 Å². The molecule has 0 fully saturated rings. The minimum Gasteiger partial charge on any atom is -0.420 e. The second kappa shape index (κ2) is 20.8. The van der Waals surface area contributed by atoms with Crippen LogP contribution in [0.3, 0.4) is 0 Å². The molecular weight excluding hydrogens is 675 g/mol. The Morgan fingerprint density at radius 3 is 1.90 bits per heavy atom. The highest BCUT2D eigenvalue weighted by Crippen LogP contribution is 2.29. The third kappa shape index (κ3) is 13.7. The largest absolute Gasteiger partial charge is 0.420 e. The number of benzene rings is 2. The molecular formula is C33H41F5N4O8. The average molecular weight is 717 g/mol. The summed E-state index contributed by atoms with van der Waals surface area (Å²) >= 11 is 0. The van der Waals surface area contributed by atoms with Crippen LogP contribution in [0.1, 0.15) is 51.5 Å². The number of rotatable bonds is 21. The van der Waals surface area contributed by atoms with Crippen LogP contribution in [0.5, 0.6) is 5.75 Å². The van der Waals surface area contributed by atoms with E-state index < -0.39 is 77.0 Å². The average Bonchev–Trinajstić information content (AvgIpc) is 3.06. The maximum atomic E-state index is 13.6. The Morgan fingerprint density at radius 2 is 1.34 bits per heavy atom. The predicted octanol–water partition coefficient (Wildman–Crippen LogP) is 4.21. The fourth-order valence-corrected chi connectivity index (χ4v) is 4.41. The van der Waals surface area contributed by atoms with Gasteiger partial charge in [-0.05, 0) is 37.8 Å². The summed E-state index contributed by atoms with van der Waals surface area (Å²) < 4.78 is 81.6. The summed E-state index contributed by atoms with van der Waals surface area (Å²) in [6.07, 6.45) is -0.213. The predicted molar refractivity (Wildman–Crippen MR) is 169 cm³/mol. The second-order valence-corrected chi connectivity index (χ2v) is 11.5. The molecule has 50 heavy (non-hydrogen) atoms. The Kier molecular flexibility index (Phi) is 17.3. The molecule has 0 heterocycles. The molecule has 2 rings (SSSR count). The molecule has 2 atom stereocenters. The molecule has 0 radical (unpaired) electrons. The molecule has 0 spiro atoms. The zero-order valence-corrected chi connectivity index (χ0v) is 27.8. The maximum absolute atomic E-state index is 13.6. The van der Waals surface area contributed by atoms with Crippen molar-refractivity contribution in [3.63, 3.8) is 0 Å². The summed E-state index contributed by atoms with van der Waals surface area (Å²) in [6, 6.07) is 5.40. The van der Waals surface area contributed by atoms with Crippen molar-refractivity contribution in [2.24, 2.45) is 17.6 Å². The summed E-state index contributed by atoms with van der Waals surface area (Å²) in [7, 11) is 0. The van der Waals surface area contributed by atoms with Crippen molar-refractivity contribution < 1.29 is 60.1 Å². The lowest BCUT2D eigenvalue weighted by Gasteiger charge is -2.24. The van der Waals surface area contributed by atoms with Crippen LogP contribution in [-0.2, 0) is 28.7 Å². The number of primary amides is 1. The number of aryl methyl sites for hydroxylation is 1. The van der Waals surface area contributed by atoms with Gasteiger partial charge >= 0.3 is 12.0 Å². The molecule has 0 bridgehead atoms. The van der Waals surface area contributed by atoms with E-state index in [0.29, 0.717) is 12.1 Å². The van der Waals surface area contributed by atoms with Crippen molar-refractivity contribution in [2.75, 3.05) is 38.3 Å². The highest BCUT2D eigenvalue weighted by molar-refractivity contribution is 5.98. The molecule has 17 heteroatoms. The van der Waals surface area contributed by atoms with Crippen molar-refractivity contribution in [1.82, 2.24) is 10.6 Å². The number of hydrogen-bond donors (Lipinski definition) is 4. The van der Waals surface area contributed by atoms with Crippen molar-refractivity contribution in [3.05, 3.63) is 58.9 Å². The van der Waals surface area contributed by atoms with E-state index in [9.17, 15) is 45.9 Å². The standard InChI is InChI=1S/C33H41F5N4O8/c1-18(2)22(31(45)42-23(5-4-12-40-33(39)47)32(46)41-20-8-6-19(3)7-9-20)17-21(43)10-13-48-15-16-49-14-11-24(44)50-30-28(37)26(35)25(34)27(36)29(30)38/h6-9,18,22-23H,4-5,10-17H2,1-3H3,(H,41,46)(H,42,45)(H3,39,40,47)/t22-,23-/m1/s1. The zero-order valence-electron chi connectivity index (χ0n) is 27.8. The minimum atomic E-state index is -2.39. The molecule has 0 unspecified atom stereocenters. The van der Waals surface area contributed by atoms with Gasteiger partial charge < -0.3 is 35.9 Å². The molecule has 276 valence electrons. The fraction of sp³-hybridized carbons (Fsp3) is 0.485. The number of anilines is 1. The van der Waals surface area contributed by atoms with Crippen LogP contribution in [0.2, 0.25) is 0 Å². The number of nitrogens with two attached hydrogens (primary N) is 1. The molecule has 0 saturated carbocycles. The van der Waals surface area contributed by atoms with E-state index in [1.54, 1.807) is 26.0 Å². The van der Waals surface area contributed by atoms with Crippen LogP contribution in [0.4, 0.5) is 32.4 Å². The lowest BCUT2D eigenvalue weighted by atomic mass is 9.88. The van der Waals surface area contributed by atoms with Gasteiger partial charge in [-0.3, -0.25) is 19.2 Å². The fourth-order valence-electron chi connectivity index (χ4n) is 4.41. The third-order valence-corrected chi connectivity index (χ3v) is 7.24. The first-order valence-corrected chi connectivity index (χ1v) is 15.7. The zero-order chi connectivity index (χ0) is 37.4. The third-order valence-electron chi connectivity index (χ3n) is 7.24. The van der Waals surface area contributed by atoms with E-state index in [2.05, 4.69) is 20.7 Å². The molecule has 0 aliphatic rings. The minimum absolute atomic E-state index is 0.0174. The smallest absolute Gasteiger partial charge is 0.313 e. The number of carbonyl (C=O) groups is 5. The first-order valence-electron chi connectivity index (χ1n) is 15.7. The van der Waals surface area contributed by atoms with Gasteiger partial charge in [0.25, 0.3) is 0 Å². The summed E-state index contributed by atoms with van der Waals surface area (Å²) in [5.41, 5.74) is 6.62. The number of Topliss-reactive ketones (excluding diaryl/α,β-unsaturated/α-hetero) is 1. The van der Waals surface area contributed by atoms with E-state index in [4.69, 9.17) is 15.2 Å². The molecule has 2 aromatic rings. The Bertz CT molecular complexity index is 1460. The first kappa shape index (κ1) is 41.5. The Balaban J connectivity index is 1.78. The number of carbonyl (C=O) groups excluding carboxylic acids is 5. The lowest BCUT2D eigenvalue weighted by Crippen LogP contribution is -2.47. The van der Waals surface area contributed by atoms with E-state index >= 15 is 0 Å². The molecule has 4 amide bonds. The van der Waals surface area contributed by atoms with Crippen molar-refractivity contribution in [1.29, 1.82) is 0 Å². The van der Waals surface area contributed by atoms with Gasteiger partial charge in [-0.2, -0.15) is 8.78 Å². The summed E-state index contributed by atoms with van der Waals surface area (Å²) in [5, 5.41) is 7.94. The van der Waals surface area contributed by atoms with Crippen LogP contribution in [0.25, 0.3) is 0 Å². The number of nitrogens with one attached hydrogen (secondary N) is 3. The molecule has 0 aliphatic carbocycles. The van der Waals surface area contributed by atoms with Gasteiger partial charge in [0.1, 0.15) is 11.8 Å². The van der Waals surface area contributed by atoms with Crippen LogP contribution < -0.4 is 26.4 Å². The molecule has 5 N–H and O–H groups in total. The first-order chi connectivity index (χ1) is 23.6. The lowest BCUT2D eigenvalue weighted by molar-refractivity contribution is -0.136. The quantitative estimate of drug-likeness (QED) is 0.0371. The van der Waals surface area contributed by atoms with E-state index in [1.807, 2.05) is 19.1 Å². The number of halogens is 5. The monoisotopic (exact) mass is 716 g/mol. The van der Waals surface area contributed by atoms with Gasteiger partial charge in [0, 0.05) is 31.0 Å². The second-order valence-electron chi connectivity index (χ2n) is 11.5. The normalized spacial score (nSPS) is 12.3. The SMILES string of the molecule is Cc1ccc(NC(=O)[C@@H](CCCNC(N)=O)NC(=O)[C@H](CC(=O)CCOCCOCCC(=O)Oc2c(F)c(F)c(F)c(F)c2F)C(C)C)cc1. The van der Waals surface area contributed by atoms with Crippen molar-refractivity contribution in [2.45, 2.75) is 58.9 Å². The van der Waals surface area contributed by atoms with Crippen LogP contribution in [0.15, 0.2) is 24.3 Å². The number of hydrogen-bond acceptors (Lipinski definition) is 8. The number of amides is 4. The number of urea groups is 1. The van der Waals surface area contributed by atoms with Crippen molar-refractivity contribution in [3.8, 4) is 5.75 Å². The Morgan fingerprint density at radius 1 is 0.780 bits per heavy atom. The van der Waals surface area contributed by atoms with Crippen LogP contribution >= 0.6 is 0 Å². The maximum Gasteiger partial charge on any atom is 0.313 e. The van der Waals surface area contributed by atoms with Gasteiger partial charge in [0.05, 0.1) is 32.8 Å². The summed E-state index contributed by atoms with van der Waals surface area (Å²) in [6.45, 7) is 5.18. The Hall–Kier alpha value is -4.64. The number of esters is 1. The topological polar surface area (TPSA) is 175 Å². The Labute approximate surface area is 285 Å². The van der Waals surface area contributed by atoms with Crippen LogP contribution in [0, 0.1) is 47.8 Å². The summed E-state index contributed by atoms with van der Waals surface area (Å²) in [4.78, 5) is 61.8. The molecule has 0 aliphatic heterocycles.